The fourth-order valence-corrected chi connectivity index (χ4v) is 3.38. The highest BCUT2D eigenvalue weighted by atomic mass is 32.2. The van der Waals surface area contributed by atoms with Gasteiger partial charge in [-0.2, -0.15) is 13.2 Å². The molecule has 2 rings (SSSR count). The maximum absolute atomic E-state index is 12.3. The molecule has 140 valence electrons. The van der Waals surface area contributed by atoms with Crippen LogP contribution in [0.3, 0.4) is 0 Å². The van der Waals surface area contributed by atoms with Crippen LogP contribution in [0.4, 0.5) is 18.9 Å². The molecule has 3 N–H and O–H groups in total. The molecule has 0 saturated carbocycles. The van der Waals surface area contributed by atoms with Gasteiger partial charge in [0.15, 0.2) is 5.75 Å². The van der Waals surface area contributed by atoms with Crippen molar-refractivity contribution < 1.29 is 31.6 Å². The molecule has 2 aromatic rings. The normalized spacial score (nSPS) is 13.1. The van der Waals surface area contributed by atoms with Gasteiger partial charge in [-0.25, -0.2) is 13.9 Å². The van der Waals surface area contributed by atoms with Gasteiger partial charge in [0.1, 0.15) is 0 Å². The molecule has 0 fully saturated rings. The van der Waals surface area contributed by atoms with Crippen LogP contribution in [0.25, 0.3) is 0 Å². The number of hydrogen-bond donors (Lipinski definition) is 3. The number of carbonyl (C=O) groups excluding carboxylic acids is 1. The van der Waals surface area contributed by atoms with Crippen molar-refractivity contribution in [3.8, 4) is 0 Å². The van der Waals surface area contributed by atoms with E-state index in [1.807, 2.05) is 4.72 Å². The Balaban J connectivity index is 2.25. The predicted molar refractivity (Wildman–Crippen MR) is 88.1 cm³/mol. The van der Waals surface area contributed by atoms with Crippen molar-refractivity contribution >= 4 is 21.6 Å². The summed E-state index contributed by atoms with van der Waals surface area (Å²) in [6.45, 7) is 0. The van der Waals surface area contributed by atoms with Gasteiger partial charge in [0.2, 0.25) is 10.0 Å². The second kappa shape index (κ2) is 7.75. The van der Waals surface area contributed by atoms with Gasteiger partial charge in [0.05, 0.1) is 5.92 Å². The highest BCUT2D eigenvalue weighted by Gasteiger charge is 2.35. The number of halogens is 3. The Labute approximate surface area is 147 Å². The molecule has 0 saturated heterocycles. The third-order valence-electron chi connectivity index (χ3n) is 3.38. The molecule has 0 radical (unpaired) electrons. The zero-order valence-electron chi connectivity index (χ0n) is 13.2. The van der Waals surface area contributed by atoms with E-state index in [1.54, 1.807) is 35.8 Å². The number of carbonyl (C=O) groups is 1. The van der Waals surface area contributed by atoms with Gasteiger partial charge in [0, 0.05) is 5.69 Å². The average molecular weight is 388 g/mol. The van der Waals surface area contributed by atoms with Crippen LogP contribution in [0.5, 0.6) is 0 Å². The van der Waals surface area contributed by atoms with Gasteiger partial charge in [-0.05, 0) is 23.3 Å². The average Bonchev–Trinajstić information content (AvgIpc) is 2.55. The number of nitrogens with one attached hydrogen (secondary N) is 2. The van der Waals surface area contributed by atoms with Crippen molar-refractivity contribution in [2.45, 2.75) is 12.1 Å². The van der Waals surface area contributed by atoms with Gasteiger partial charge >= 0.3 is 6.18 Å². The number of hydrogen-bond acceptors (Lipinski definition) is 4. The number of benzene rings is 2. The number of anilines is 1. The zero-order valence-corrected chi connectivity index (χ0v) is 14.0. The third-order valence-corrected chi connectivity index (χ3v) is 4.63. The van der Waals surface area contributed by atoms with E-state index in [0.717, 1.165) is 0 Å². The van der Waals surface area contributed by atoms with Crippen molar-refractivity contribution in [2.24, 2.45) is 0 Å². The van der Waals surface area contributed by atoms with Crippen LogP contribution in [0, 0.1) is 0 Å². The number of sulfonamides is 1. The SMILES string of the molecule is O=C(NO)C(c1ccccc1)c1ccc(NS(=O)(=O)CC(F)(F)F)cc1. The minimum Gasteiger partial charge on any atom is -0.289 e. The molecule has 0 heterocycles. The molecular weight excluding hydrogens is 373 g/mol. The summed E-state index contributed by atoms with van der Waals surface area (Å²) in [7, 11) is -4.59. The van der Waals surface area contributed by atoms with Crippen LogP contribution in [0.2, 0.25) is 0 Å². The molecule has 6 nitrogen and oxygen atoms in total. The minimum atomic E-state index is -4.86. The van der Waals surface area contributed by atoms with E-state index in [1.165, 1.54) is 24.3 Å². The monoisotopic (exact) mass is 388 g/mol. The first-order chi connectivity index (χ1) is 12.1. The number of alkyl halides is 3. The second-order valence-corrected chi connectivity index (χ2v) is 7.14. The minimum absolute atomic E-state index is 0.0748. The van der Waals surface area contributed by atoms with Gasteiger partial charge in [0.25, 0.3) is 5.91 Å². The predicted octanol–water partition coefficient (Wildman–Crippen LogP) is 2.63. The van der Waals surface area contributed by atoms with Gasteiger partial charge in [-0.1, -0.05) is 42.5 Å². The fraction of sp³-hybridized carbons (Fsp3) is 0.188. The molecule has 1 unspecified atom stereocenters. The maximum atomic E-state index is 12.3. The van der Waals surface area contributed by atoms with Crippen molar-refractivity contribution in [2.75, 3.05) is 10.5 Å². The Morgan fingerprint density at radius 3 is 2.04 bits per heavy atom. The number of hydroxylamine groups is 1. The quantitative estimate of drug-likeness (QED) is 0.524. The summed E-state index contributed by atoms with van der Waals surface area (Å²) in [5.41, 5.74) is 2.48. The van der Waals surface area contributed by atoms with Crippen LogP contribution < -0.4 is 10.2 Å². The Morgan fingerprint density at radius 2 is 1.54 bits per heavy atom. The Morgan fingerprint density at radius 1 is 1.00 bits per heavy atom. The first kappa shape index (κ1) is 19.7. The second-order valence-electron chi connectivity index (χ2n) is 5.42. The lowest BCUT2D eigenvalue weighted by atomic mass is 9.90. The molecule has 0 aliphatic rings. The fourth-order valence-electron chi connectivity index (χ4n) is 2.38. The van der Waals surface area contributed by atoms with Gasteiger partial charge < -0.3 is 0 Å². The maximum Gasteiger partial charge on any atom is 0.404 e. The van der Waals surface area contributed by atoms with Crippen LogP contribution in [0.15, 0.2) is 54.6 Å². The zero-order chi connectivity index (χ0) is 19.4. The summed E-state index contributed by atoms with van der Waals surface area (Å²) >= 11 is 0. The topological polar surface area (TPSA) is 95.5 Å². The standard InChI is InChI=1S/C16H15F3N2O4S/c17-16(18,19)10-26(24,25)21-13-8-6-12(7-9-13)14(15(22)20-23)11-4-2-1-3-5-11/h1-9,14,21,23H,10H2,(H,20,22). The highest BCUT2D eigenvalue weighted by Crippen LogP contribution is 2.27. The van der Waals surface area contributed by atoms with E-state index >= 15 is 0 Å². The molecule has 1 atom stereocenters. The largest absolute Gasteiger partial charge is 0.404 e. The number of rotatable bonds is 6. The lowest BCUT2D eigenvalue weighted by Crippen LogP contribution is -2.28. The molecule has 2 aromatic carbocycles. The Kier molecular flexibility index (Phi) is 5.88. The van der Waals surface area contributed by atoms with Crippen LogP contribution in [-0.2, 0) is 14.8 Å². The Hall–Kier alpha value is -2.59. The molecule has 0 aliphatic carbocycles. The Bertz CT molecular complexity index is 853. The molecule has 0 spiro atoms. The van der Waals surface area contributed by atoms with Crippen molar-refractivity contribution in [1.29, 1.82) is 0 Å². The summed E-state index contributed by atoms with van der Waals surface area (Å²) in [6, 6.07) is 13.7. The molecule has 26 heavy (non-hydrogen) atoms. The highest BCUT2D eigenvalue weighted by molar-refractivity contribution is 7.92. The van der Waals surface area contributed by atoms with Gasteiger partial charge in [-0.15, -0.1) is 0 Å². The molecule has 1 amide bonds. The molecular formula is C16H15F3N2O4S. The van der Waals surface area contributed by atoms with E-state index < -0.39 is 33.8 Å². The third kappa shape index (κ3) is 5.46. The van der Waals surface area contributed by atoms with Crippen molar-refractivity contribution in [1.82, 2.24) is 5.48 Å². The number of amides is 1. The molecule has 0 aliphatic heterocycles. The molecule has 0 bridgehead atoms. The summed E-state index contributed by atoms with van der Waals surface area (Å²) < 4.78 is 61.5. The van der Waals surface area contributed by atoms with Crippen molar-refractivity contribution in [3.63, 3.8) is 0 Å². The van der Waals surface area contributed by atoms with Crippen LogP contribution in [-0.4, -0.2) is 31.5 Å². The van der Waals surface area contributed by atoms with E-state index in [0.29, 0.717) is 11.1 Å². The van der Waals surface area contributed by atoms with E-state index in [4.69, 9.17) is 5.21 Å². The van der Waals surface area contributed by atoms with E-state index in [9.17, 15) is 26.4 Å². The van der Waals surface area contributed by atoms with Gasteiger partial charge in [-0.3, -0.25) is 14.7 Å². The molecule has 10 heteroatoms. The van der Waals surface area contributed by atoms with E-state index in [2.05, 4.69) is 0 Å². The summed E-state index contributed by atoms with van der Waals surface area (Å²) in [5.74, 6) is -3.58. The van der Waals surface area contributed by atoms with Crippen LogP contribution >= 0.6 is 0 Å². The summed E-state index contributed by atoms with van der Waals surface area (Å²) in [6.07, 6.45) is -4.86. The van der Waals surface area contributed by atoms with E-state index in [-0.39, 0.29) is 5.69 Å². The smallest absolute Gasteiger partial charge is 0.289 e. The summed E-state index contributed by atoms with van der Waals surface area (Å²) in [5, 5.41) is 8.95. The summed E-state index contributed by atoms with van der Waals surface area (Å²) in [4.78, 5) is 12.0. The molecule has 0 aromatic heterocycles. The lowest BCUT2D eigenvalue weighted by Gasteiger charge is -2.16. The first-order valence-corrected chi connectivity index (χ1v) is 8.92. The lowest BCUT2D eigenvalue weighted by molar-refractivity contribution is -0.129. The first-order valence-electron chi connectivity index (χ1n) is 7.27. The van der Waals surface area contributed by atoms with Crippen LogP contribution in [0.1, 0.15) is 17.0 Å². The van der Waals surface area contributed by atoms with Crippen molar-refractivity contribution in [3.05, 3.63) is 65.7 Å².